The highest BCUT2D eigenvalue weighted by Gasteiger charge is 2.25. The Bertz CT molecular complexity index is 690. The van der Waals surface area contributed by atoms with Crippen LogP contribution in [-0.2, 0) is 14.3 Å². The van der Waals surface area contributed by atoms with Gasteiger partial charge in [-0.3, -0.25) is 9.59 Å². The van der Waals surface area contributed by atoms with Crippen LogP contribution in [0.4, 0.5) is 10.5 Å². The maximum Gasteiger partial charge on any atom is 0.409 e. The second-order valence-corrected chi connectivity index (χ2v) is 6.53. The second kappa shape index (κ2) is 10.0. The van der Waals surface area contributed by atoms with Crippen LogP contribution in [0.15, 0.2) is 18.2 Å². The number of carbonyl (C=O) groups is 3. The molecule has 1 aromatic carbocycles. The normalized spacial score (nSPS) is 14.4. The summed E-state index contributed by atoms with van der Waals surface area (Å²) in [6.45, 7) is 3.11. The zero-order valence-electron chi connectivity index (χ0n) is 15.4. The van der Waals surface area contributed by atoms with Crippen LogP contribution in [0.1, 0.15) is 26.2 Å². The zero-order chi connectivity index (χ0) is 19.8. The van der Waals surface area contributed by atoms with Crippen LogP contribution in [0, 0.1) is 0 Å². The second-order valence-electron chi connectivity index (χ2n) is 6.10. The molecular formula is C18H24ClN3O5. The lowest BCUT2D eigenvalue weighted by Crippen LogP contribution is -2.47. The minimum Gasteiger partial charge on any atom is -0.495 e. The molecule has 1 aliphatic rings. The minimum atomic E-state index is -0.461. The fraction of sp³-hybridized carbons (Fsp3) is 0.500. The Hall–Kier alpha value is -2.48. The summed E-state index contributed by atoms with van der Waals surface area (Å²) in [6, 6.07) is 4.76. The van der Waals surface area contributed by atoms with Gasteiger partial charge in [-0.25, -0.2) is 4.79 Å². The standard InChI is InChI=1S/C18H24ClN3O5/c1-3-27-18(25)22-8-6-13(7-9-22)20-16(23)11-17(24)21-14-10-12(19)4-5-15(14)26-2/h4-5,10,13H,3,6-9,11H2,1-2H3,(H,20,23)(H,21,24). The van der Waals surface area contributed by atoms with Crippen LogP contribution < -0.4 is 15.4 Å². The maximum absolute atomic E-state index is 12.1. The van der Waals surface area contributed by atoms with Gasteiger partial charge in [0, 0.05) is 24.2 Å². The molecule has 0 spiro atoms. The highest BCUT2D eigenvalue weighted by molar-refractivity contribution is 6.31. The summed E-state index contributed by atoms with van der Waals surface area (Å²) in [5, 5.41) is 5.91. The first-order valence-electron chi connectivity index (χ1n) is 8.77. The summed E-state index contributed by atoms with van der Waals surface area (Å²) in [5.74, 6) is -0.375. The monoisotopic (exact) mass is 397 g/mol. The Balaban J connectivity index is 1.78. The number of hydrogen-bond donors (Lipinski definition) is 2. The number of ether oxygens (including phenoxy) is 2. The molecule has 1 saturated heterocycles. The quantitative estimate of drug-likeness (QED) is 0.718. The van der Waals surface area contributed by atoms with Crippen molar-refractivity contribution in [2.45, 2.75) is 32.2 Å². The number of methoxy groups -OCH3 is 1. The lowest BCUT2D eigenvalue weighted by Gasteiger charge is -2.31. The number of nitrogens with one attached hydrogen (secondary N) is 2. The van der Waals surface area contributed by atoms with Crippen molar-refractivity contribution in [3.8, 4) is 5.75 Å². The van der Waals surface area contributed by atoms with Crippen molar-refractivity contribution in [3.05, 3.63) is 23.2 Å². The van der Waals surface area contributed by atoms with E-state index in [4.69, 9.17) is 21.1 Å². The summed E-state index contributed by atoms with van der Waals surface area (Å²) in [4.78, 5) is 37.5. The molecule has 2 rings (SSSR count). The number of piperidine rings is 1. The van der Waals surface area contributed by atoms with E-state index in [0.29, 0.717) is 49.0 Å². The molecule has 0 radical (unpaired) electrons. The van der Waals surface area contributed by atoms with Gasteiger partial charge < -0.3 is 25.0 Å². The molecule has 0 saturated carbocycles. The summed E-state index contributed by atoms with van der Waals surface area (Å²) in [5.41, 5.74) is 0.408. The number of nitrogens with zero attached hydrogens (tertiary/aromatic N) is 1. The molecule has 1 fully saturated rings. The van der Waals surface area contributed by atoms with E-state index in [1.807, 2.05) is 0 Å². The van der Waals surface area contributed by atoms with Crippen LogP contribution in [0.3, 0.4) is 0 Å². The van der Waals surface area contributed by atoms with Crippen LogP contribution in [-0.4, -0.2) is 55.7 Å². The van der Waals surface area contributed by atoms with Crippen molar-refractivity contribution >= 4 is 35.2 Å². The third-order valence-corrected chi connectivity index (χ3v) is 4.38. The third-order valence-electron chi connectivity index (χ3n) is 4.14. The van der Waals surface area contributed by atoms with Gasteiger partial charge in [0.1, 0.15) is 12.2 Å². The summed E-state index contributed by atoms with van der Waals surface area (Å²) in [6.07, 6.45) is 0.591. The van der Waals surface area contributed by atoms with E-state index in [0.717, 1.165) is 0 Å². The molecule has 27 heavy (non-hydrogen) atoms. The van der Waals surface area contributed by atoms with Crippen molar-refractivity contribution < 1.29 is 23.9 Å². The van der Waals surface area contributed by atoms with Crippen molar-refractivity contribution in [3.63, 3.8) is 0 Å². The predicted octanol–water partition coefficient (Wildman–Crippen LogP) is 2.41. The number of rotatable bonds is 6. The lowest BCUT2D eigenvalue weighted by atomic mass is 10.1. The van der Waals surface area contributed by atoms with Crippen LogP contribution in [0.5, 0.6) is 5.75 Å². The first kappa shape index (κ1) is 20.8. The molecule has 1 aliphatic heterocycles. The SMILES string of the molecule is CCOC(=O)N1CCC(NC(=O)CC(=O)Nc2cc(Cl)ccc2OC)CC1. The smallest absolute Gasteiger partial charge is 0.409 e. The molecule has 3 amide bonds. The van der Waals surface area contributed by atoms with Crippen LogP contribution in [0.2, 0.25) is 5.02 Å². The first-order valence-corrected chi connectivity index (χ1v) is 9.15. The first-order chi connectivity index (χ1) is 12.9. The molecule has 148 valence electrons. The van der Waals surface area contributed by atoms with Gasteiger partial charge in [0.2, 0.25) is 11.8 Å². The zero-order valence-corrected chi connectivity index (χ0v) is 16.2. The molecule has 9 heteroatoms. The van der Waals surface area contributed by atoms with Gasteiger partial charge in [-0.05, 0) is 38.0 Å². The lowest BCUT2D eigenvalue weighted by molar-refractivity contribution is -0.127. The molecule has 0 aromatic heterocycles. The van der Waals surface area contributed by atoms with Gasteiger partial charge >= 0.3 is 6.09 Å². The minimum absolute atomic E-state index is 0.0725. The average molecular weight is 398 g/mol. The van der Waals surface area contributed by atoms with E-state index in [-0.39, 0.29) is 24.5 Å². The molecular weight excluding hydrogens is 374 g/mol. The van der Waals surface area contributed by atoms with E-state index in [2.05, 4.69) is 10.6 Å². The van der Waals surface area contributed by atoms with Crippen molar-refractivity contribution in [2.24, 2.45) is 0 Å². The van der Waals surface area contributed by atoms with Gasteiger partial charge in [0.15, 0.2) is 0 Å². The Morgan fingerprint density at radius 3 is 2.56 bits per heavy atom. The van der Waals surface area contributed by atoms with E-state index < -0.39 is 5.91 Å². The molecule has 0 unspecified atom stereocenters. The molecule has 1 aromatic rings. The summed E-state index contributed by atoms with van der Waals surface area (Å²) < 4.78 is 10.1. The molecule has 8 nitrogen and oxygen atoms in total. The van der Waals surface area contributed by atoms with E-state index >= 15 is 0 Å². The molecule has 0 atom stereocenters. The number of hydrogen-bond acceptors (Lipinski definition) is 5. The fourth-order valence-electron chi connectivity index (χ4n) is 2.82. The summed E-state index contributed by atoms with van der Waals surface area (Å²) >= 11 is 5.92. The largest absolute Gasteiger partial charge is 0.495 e. The van der Waals surface area contributed by atoms with Gasteiger partial charge in [-0.2, -0.15) is 0 Å². The number of carbonyl (C=O) groups excluding carboxylic acids is 3. The summed E-state index contributed by atoms with van der Waals surface area (Å²) in [7, 11) is 1.48. The van der Waals surface area contributed by atoms with Gasteiger partial charge in [-0.15, -0.1) is 0 Å². The molecule has 0 aliphatic carbocycles. The van der Waals surface area contributed by atoms with Crippen molar-refractivity contribution in [1.82, 2.24) is 10.2 Å². The number of anilines is 1. The maximum atomic E-state index is 12.1. The van der Waals surface area contributed by atoms with Crippen LogP contribution >= 0.6 is 11.6 Å². The number of likely N-dealkylation sites (tertiary alicyclic amines) is 1. The Morgan fingerprint density at radius 1 is 1.22 bits per heavy atom. The number of benzene rings is 1. The predicted molar refractivity (Wildman–Crippen MR) is 101 cm³/mol. The van der Waals surface area contributed by atoms with Gasteiger partial charge in [0.05, 0.1) is 19.4 Å². The number of halogens is 1. The Labute approximate surface area is 163 Å². The highest BCUT2D eigenvalue weighted by atomic mass is 35.5. The average Bonchev–Trinajstić information content (AvgIpc) is 2.62. The highest BCUT2D eigenvalue weighted by Crippen LogP contribution is 2.27. The van der Waals surface area contributed by atoms with Crippen molar-refractivity contribution in [2.75, 3.05) is 32.1 Å². The third kappa shape index (κ3) is 6.32. The van der Waals surface area contributed by atoms with E-state index in [9.17, 15) is 14.4 Å². The topological polar surface area (TPSA) is 97.0 Å². The molecule has 1 heterocycles. The Morgan fingerprint density at radius 2 is 1.93 bits per heavy atom. The van der Waals surface area contributed by atoms with E-state index in [1.165, 1.54) is 7.11 Å². The van der Waals surface area contributed by atoms with E-state index in [1.54, 1.807) is 30.0 Å². The van der Waals surface area contributed by atoms with Crippen LogP contribution in [0.25, 0.3) is 0 Å². The molecule has 2 N–H and O–H groups in total. The fourth-order valence-corrected chi connectivity index (χ4v) is 2.99. The molecule has 0 bridgehead atoms. The van der Waals surface area contributed by atoms with Gasteiger partial charge in [-0.1, -0.05) is 11.6 Å². The van der Waals surface area contributed by atoms with Crippen molar-refractivity contribution in [1.29, 1.82) is 0 Å². The van der Waals surface area contributed by atoms with Gasteiger partial charge in [0.25, 0.3) is 0 Å². The Kier molecular flexibility index (Phi) is 7.72. The number of amides is 3.